The van der Waals surface area contributed by atoms with Crippen molar-refractivity contribution in [2.45, 2.75) is 19.0 Å². The van der Waals surface area contributed by atoms with Gasteiger partial charge in [0.25, 0.3) is 0 Å². The fourth-order valence-corrected chi connectivity index (χ4v) is 3.45. The zero-order valence-electron chi connectivity index (χ0n) is 13.7. The predicted octanol–water partition coefficient (Wildman–Crippen LogP) is 1.18. The Hall–Kier alpha value is -1.30. The number of hydrogen-bond donors (Lipinski definition) is 1. The molecule has 0 spiro atoms. The summed E-state index contributed by atoms with van der Waals surface area (Å²) >= 11 is 0. The smallest absolute Gasteiger partial charge is 0.122 e. The van der Waals surface area contributed by atoms with Crippen molar-refractivity contribution in [1.29, 1.82) is 0 Å². The van der Waals surface area contributed by atoms with E-state index < -0.39 is 0 Å². The molecule has 1 atom stereocenters. The largest absolute Gasteiger partial charge is 0.497 e. The maximum atomic E-state index is 5.36. The third-order valence-corrected chi connectivity index (χ3v) is 4.77. The molecular formula is C17H27N3O2. The lowest BCUT2D eigenvalue weighted by atomic mass is 10.1. The van der Waals surface area contributed by atoms with Gasteiger partial charge in [-0.3, -0.25) is 9.80 Å². The first-order chi connectivity index (χ1) is 10.8. The Balaban J connectivity index is 1.56. The molecule has 122 valence electrons. The van der Waals surface area contributed by atoms with Gasteiger partial charge in [0.05, 0.1) is 14.2 Å². The highest BCUT2D eigenvalue weighted by Crippen LogP contribution is 2.24. The highest BCUT2D eigenvalue weighted by Gasteiger charge is 2.25. The van der Waals surface area contributed by atoms with Gasteiger partial charge >= 0.3 is 0 Å². The van der Waals surface area contributed by atoms with Gasteiger partial charge in [0, 0.05) is 51.4 Å². The summed E-state index contributed by atoms with van der Waals surface area (Å²) in [5.74, 6) is 1.73. The average molecular weight is 305 g/mol. The first-order valence-electron chi connectivity index (χ1n) is 8.17. The van der Waals surface area contributed by atoms with Gasteiger partial charge in [0.1, 0.15) is 11.5 Å². The average Bonchev–Trinajstić information content (AvgIpc) is 3.09. The van der Waals surface area contributed by atoms with E-state index in [2.05, 4.69) is 27.2 Å². The van der Waals surface area contributed by atoms with Crippen molar-refractivity contribution in [3.63, 3.8) is 0 Å². The molecule has 2 aliphatic heterocycles. The minimum Gasteiger partial charge on any atom is -0.497 e. The Bertz CT molecular complexity index is 459. The quantitative estimate of drug-likeness (QED) is 0.884. The molecule has 22 heavy (non-hydrogen) atoms. The van der Waals surface area contributed by atoms with E-state index >= 15 is 0 Å². The standard InChI is InChI=1S/C17H27N3O2/c1-21-16-9-14(10-17(11-16)22-2)13-19-5-7-20(8-6-19)15-3-4-18-12-15/h9-11,15,18H,3-8,12-13H2,1-2H3. The zero-order chi connectivity index (χ0) is 15.4. The number of hydrogen-bond acceptors (Lipinski definition) is 5. The maximum Gasteiger partial charge on any atom is 0.122 e. The van der Waals surface area contributed by atoms with E-state index in [0.29, 0.717) is 0 Å². The van der Waals surface area contributed by atoms with Crippen LogP contribution in [0.1, 0.15) is 12.0 Å². The molecule has 0 saturated carbocycles. The minimum atomic E-state index is 0.749. The monoisotopic (exact) mass is 305 g/mol. The van der Waals surface area contributed by atoms with Gasteiger partial charge in [-0.15, -0.1) is 0 Å². The fourth-order valence-electron chi connectivity index (χ4n) is 3.45. The highest BCUT2D eigenvalue weighted by molar-refractivity contribution is 5.38. The zero-order valence-corrected chi connectivity index (χ0v) is 13.7. The van der Waals surface area contributed by atoms with Gasteiger partial charge in [-0.1, -0.05) is 0 Å². The van der Waals surface area contributed by atoms with Crippen LogP contribution in [0.25, 0.3) is 0 Å². The van der Waals surface area contributed by atoms with Gasteiger partial charge in [-0.25, -0.2) is 0 Å². The van der Waals surface area contributed by atoms with Crippen LogP contribution in [0.5, 0.6) is 11.5 Å². The van der Waals surface area contributed by atoms with Crippen LogP contribution in [0, 0.1) is 0 Å². The summed E-state index contributed by atoms with van der Waals surface area (Å²) in [6.45, 7) is 7.92. The molecule has 0 aromatic heterocycles. The molecule has 0 radical (unpaired) electrons. The molecule has 5 heteroatoms. The Morgan fingerprint density at radius 1 is 1.05 bits per heavy atom. The molecule has 0 aliphatic carbocycles. The predicted molar refractivity (Wildman–Crippen MR) is 87.7 cm³/mol. The number of nitrogens with one attached hydrogen (secondary N) is 1. The van der Waals surface area contributed by atoms with E-state index in [0.717, 1.165) is 43.7 Å². The Labute approximate surface area is 133 Å². The Kier molecular flexibility index (Phi) is 5.18. The number of nitrogens with zero attached hydrogens (tertiary/aromatic N) is 2. The summed E-state index contributed by atoms with van der Waals surface area (Å²) in [5, 5.41) is 3.46. The van der Waals surface area contributed by atoms with Crippen LogP contribution >= 0.6 is 0 Å². The van der Waals surface area contributed by atoms with Crippen LogP contribution in [-0.4, -0.2) is 69.3 Å². The van der Waals surface area contributed by atoms with Crippen molar-refractivity contribution in [3.8, 4) is 11.5 Å². The summed E-state index contributed by atoms with van der Waals surface area (Å²) in [6, 6.07) is 6.89. The first-order valence-corrected chi connectivity index (χ1v) is 8.17. The lowest BCUT2D eigenvalue weighted by Gasteiger charge is -2.37. The lowest BCUT2D eigenvalue weighted by molar-refractivity contribution is 0.0980. The van der Waals surface area contributed by atoms with Crippen molar-refractivity contribution in [3.05, 3.63) is 23.8 Å². The topological polar surface area (TPSA) is 37.0 Å². The molecule has 1 aromatic carbocycles. The van der Waals surface area contributed by atoms with Gasteiger partial charge in [0.15, 0.2) is 0 Å². The van der Waals surface area contributed by atoms with Crippen molar-refractivity contribution in [2.24, 2.45) is 0 Å². The van der Waals surface area contributed by atoms with Crippen molar-refractivity contribution in [1.82, 2.24) is 15.1 Å². The second-order valence-electron chi connectivity index (χ2n) is 6.18. The third kappa shape index (κ3) is 3.72. The number of methoxy groups -OCH3 is 2. The molecule has 2 heterocycles. The van der Waals surface area contributed by atoms with E-state index in [1.165, 1.54) is 31.6 Å². The molecule has 1 N–H and O–H groups in total. The third-order valence-electron chi connectivity index (χ3n) is 4.77. The van der Waals surface area contributed by atoms with Gasteiger partial charge in [0.2, 0.25) is 0 Å². The van der Waals surface area contributed by atoms with Crippen molar-refractivity contribution >= 4 is 0 Å². The minimum absolute atomic E-state index is 0.749. The SMILES string of the molecule is COc1cc(CN2CCN(C3CCNC3)CC2)cc(OC)c1. The van der Waals surface area contributed by atoms with Gasteiger partial charge < -0.3 is 14.8 Å². The second-order valence-corrected chi connectivity index (χ2v) is 6.18. The van der Waals surface area contributed by atoms with Crippen LogP contribution in [0.15, 0.2) is 18.2 Å². The number of piperazine rings is 1. The molecule has 1 aromatic rings. The normalized spacial score (nSPS) is 23.6. The fraction of sp³-hybridized carbons (Fsp3) is 0.647. The number of benzene rings is 1. The summed E-state index contributed by atoms with van der Waals surface area (Å²) in [7, 11) is 3.40. The molecule has 2 saturated heterocycles. The molecule has 5 nitrogen and oxygen atoms in total. The molecule has 2 aliphatic rings. The van der Waals surface area contributed by atoms with Crippen LogP contribution in [0.4, 0.5) is 0 Å². The molecule has 3 rings (SSSR count). The molecular weight excluding hydrogens is 278 g/mol. The summed E-state index contributed by atoms with van der Waals surface area (Å²) in [5.41, 5.74) is 1.26. The number of ether oxygens (including phenoxy) is 2. The highest BCUT2D eigenvalue weighted by atomic mass is 16.5. The van der Waals surface area contributed by atoms with Crippen molar-refractivity contribution < 1.29 is 9.47 Å². The Morgan fingerprint density at radius 3 is 2.27 bits per heavy atom. The van der Waals surface area contributed by atoms with Crippen molar-refractivity contribution in [2.75, 3.05) is 53.5 Å². The van der Waals surface area contributed by atoms with Crippen LogP contribution in [0.2, 0.25) is 0 Å². The van der Waals surface area contributed by atoms with E-state index in [1.54, 1.807) is 14.2 Å². The first kappa shape index (κ1) is 15.6. The van der Waals surface area contributed by atoms with Crippen LogP contribution in [-0.2, 0) is 6.54 Å². The van der Waals surface area contributed by atoms with Gasteiger partial charge in [-0.05, 0) is 30.7 Å². The van der Waals surface area contributed by atoms with E-state index in [9.17, 15) is 0 Å². The second kappa shape index (κ2) is 7.31. The molecule has 1 unspecified atom stereocenters. The number of rotatable bonds is 5. The summed E-state index contributed by atoms with van der Waals surface area (Å²) in [4.78, 5) is 5.16. The molecule has 0 amide bonds. The van der Waals surface area contributed by atoms with Gasteiger partial charge in [-0.2, -0.15) is 0 Å². The maximum absolute atomic E-state index is 5.36. The lowest BCUT2D eigenvalue weighted by Crippen LogP contribution is -2.50. The van der Waals surface area contributed by atoms with E-state index in [-0.39, 0.29) is 0 Å². The molecule has 0 bridgehead atoms. The Morgan fingerprint density at radius 2 is 1.73 bits per heavy atom. The molecule has 2 fully saturated rings. The van der Waals surface area contributed by atoms with Crippen LogP contribution in [0.3, 0.4) is 0 Å². The summed E-state index contributed by atoms with van der Waals surface area (Å²) < 4.78 is 10.7. The van der Waals surface area contributed by atoms with Crippen LogP contribution < -0.4 is 14.8 Å². The summed E-state index contributed by atoms with van der Waals surface area (Å²) in [6.07, 6.45) is 1.30. The van der Waals surface area contributed by atoms with E-state index in [4.69, 9.17) is 9.47 Å². The van der Waals surface area contributed by atoms with E-state index in [1.807, 2.05) is 6.07 Å².